The van der Waals surface area contributed by atoms with Crippen molar-refractivity contribution in [2.24, 2.45) is 5.92 Å². The molecular formula is C15H21ClFNO. The van der Waals surface area contributed by atoms with Gasteiger partial charge in [0, 0.05) is 25.6 Å². The van der Waals surface area contributed by atoms with Crippen molar-refractivity contribution in [2.75, 3.05) is 25.2 Å². The maximum absolute atomic E-state index is 14.2. The molecule has 1 aromatic rings. The predicted octanol–water partition coefficient (Wildman–Crippen LogP) is 3.82. The standard InChI is InChI=1S/C15H21ClFNO/c1-11(13-4-5-13)18(7-8-19-2)15-6-3-12(10-16)9-14(15)17/h3,6,9,11,13H,4-5,7-8,10H2,1-2H3. The molecule has 1 unspecified atom stereocenters. The molecule has 1 saturated carbocycles. The minimum atomic E-state index is -0.193. The number of benzene rings is 1. The molecule has 0 heterocycles. The summed E-state index contributed by atoms with van der Waals surface area (Å²) in [6, 6.07) is 5.61. The molecule has 2 nitrogen and oxygen atoms in total. The highest BCUT2D eigenvalue weighted by molar-refractivity contribution is 6.17. The van der Waals surface area contributed by atoms with Crippen LogP contribution in [0.4, 0.5) is 10.1 Å². The molecule has 0 N–H and O–H groups in total. The van der Waals surface area contributed by atoms with Crippen molar-refractivity contribution in [2.45, 2.75) is 31.7 Å². The third-order valence-corrected chi connectivity index (χ3v) is 4.12. The Morgan fingerprint density at radius 2 is 2.21 bits per heavy atom. The van der Waals surface area contributed by atoms with E-state index in [0.717, 1.165) is 5.56 Å². The molecular weight excluding hydrogens is 265 g/mol. The Morgan fingerprint density at radius 3 is 2.74 bits per heavy atom. The quantitative estimate of drug-likeness (QED) is 0.706. The fraction of sp³-hybridized carbons (Fsp3) is 0.600. The average molecular weight is 286 g/mol. The Hall–Kier alpha value is -0.800. The lowest BCUT2D eigenvalue weighted by atomic mass is 10.1. The zero-order valence-electron chi connectivity index (χ0n) is 11.5. The molecule has 0 radical (unpaired) electrons. The first kappa shape index (κ1) is 14.6. The van der Waals surface area contributed by atoms with Gasteiger partial charge in [0.25, 0.3) is 0 Å². The van der Waals surface area contributed by atoms with Gasteiger partial charge in [-0.3, -0.25) is 0 Å². The Bertz CT molecular complexity index is 423. The first-order chi connectivity index (χ1) is 9.17. The molecule has 19 heavy (non-hydrogen) atoms. The van der Waals surface area contributed by atoms with E-state index in [4.69, 9.17) is 16.3 Å². The Morgan fingerprint density at radius 1 is 1.47 bits per heavy atom. The minimum absolute atomic E-state index is 0.193. The van der Waals surface area contributed by atoms with E-state index < -0.39 is 0 Å². The number of halogens is 2. The summed E-state index contributed by atoms with van der Waals surface area (Å²) < 4.78 is 19.4. The summed E-state index contributed by atoms with van der Waals surface area (Å²) in [6.45, 7) is 3.49. The third kappa shape index (κ3) is 3.61. The normalized spacial score (nSPS) is 16.4. The molecule has 0 saturated heterocycles. The first-order valence-electron chi connectivity index (χ1n) is 6.77. The van der Waals surface area contributed by atoms with Gasteiger partial charge < -0.3 is 9.64 Å². The largest absolute Gasteiger partial charge is 0.383 e. The van der Waals surface area contributed by atoms with Gasteiger partial charge in [-0.15, -0.1) is 11.6 Å². The van der Waals surface area contributed by atoms with Gasteiger partial charge in [0.05, 0.1) is 12.3 Å². The molecule has 4 heteroatoms. The molecule has 2 rings (SSSR count). The molecule has 0 aromatic heterocycles. The number of rotatable bonds is 7. The van der Waals surface area contributed by atoms with E-state index in [9.17, 15) is 4.39 Å². The van der Waals surface area contributed by atoms with Gasteiger partial charge in [-0.05, 0) is 43.4 Å². The van der Waals surface area contributed by atoms with E-state index in [1.165, 1.54) is 18.9 Å². The fourth-order valence-electron chi connectivity index (χ4n) is 2.43. The summed E-state index contributed by atoms with van der Waals surface area (Å²) in [5, 5.41) is 0. The summed E-state index contributed by atoms with van der Waals surface area (Å²) >= 11 is 5.74. The Kier molecular flexibility index (Phi) is 5.06. The van der Waals surface area contributed by atoms with Gasteiger partial charge in [-0.25, -0.2) is 4.39 Å². The van der Waals surface area contributed by atoms with E-state index in [1.807, 2.05) is 12.1 Å². The van der Waals surface area contributed by atoms with Crippen LogP contribution in [0.3, 0.4) is 0 Å². The van der Waals surface area contributed by atoms with Crippen molar-refractivity contribution in [3.8, 4) is 0 Å². The number of ether oxygens (including phenoxy) is 1. The molecule has 1 atom stereocenters. The van der Waals surface area contributed by atoms with Crippen molar-refractivity contribution >= 4 is 17.3 Å². The van der Waals surface area contributed by atoms with Crippen molar-refractivity contribution in [3.63, 3.8) is 0 Å². The maximum atomic E-state index is 14.2. The topological polar surface area (TPSA) is 12.5 Å². The molecule has 1 fully saturated rings. The second-order valence-electron chi connectivity index (χ2n) is 5.18. The summed E-state index contributed by atoms with van der Waals surface area (Å²) in [5.74, 6) is 0.832. The number of hydrogen-bond acceptors (Lipinski definition) is 2. The third-order valence-electron chi connectivity index (χ3n) is 3.81. The van der Waals surface area contributed by atoms with E-state index >= 15 is 0 Å². The number of nitrogens with zero attached hydrogens (tertiary/aromatic N) is 1. The molecule has 0 aliphatic heterocycles. The maximum Gasteiger partial charge on any atom is 0.146 e. The number of anilines is 1. The highest BCUT2D eigenvalue weighted by Crippen LogP contribution is 2.37. The fourth-order valence-corrected chi connectivity index (χ4v) is 2.60. The van der Waals surface area contributed by atoms with Crippen LogP contribution in [0.5, 0.6) is 0 Å². The average Bonchev–Trinajstić information content (AvgIpc) is 3.24. The zero-order valence-corrected chi connectivity index (χ0v) is 12.3. The van der Waals surface area contributed by atoms with Crippen molar-refractivity contribution < 1.29 is 9.13 Å². The zero-order chi connectivity index (χ0) is 13.8. The van der Waals surface area contributed by atoms with Gasteiger partial charge in [0.2, 0.25) is 0 Å². The van der Waals surface area contributed by atoms with Crippen LogP contribution >= 0.6 is 11.6 Å². The molecule has 106 valence electrons. The number of alkyl halides is 1. The van der Waals surface area contributed by atoms with Crippen LogP contribution in [-0.4, -0.2) is 26.3 Å². The van der Waals surface area contributed by atoms with Gasteiger partial charge in [0.15, 0.2) is 0 Å². The van der Waals surface area contributed by atoms with E-state index in [-0.39, 0.29) is 5.82 Å². The predicted molar refractivity (Wildman–Crippen MR) is 77.4 cm³/mol. The van der Waals surface area contributed by atoms with Crippen molar-refractivity contribution in [3.05, 3.63) is 29.6 Å². The SMILES string of the molecule is COCCN(c1ccc(CCl)cc1F)C(C)C1CC1. The van der Waals surface area contributed by atoms with Crippen molar-refractivity contribution in [1.29, 1.82) is 0 Å². The van der Waals surface area contributed by atoms with Crippen LogP contribution in [0.2, 0.25) is 0 Å². The molecule has 0 spiro atoms. The lowest BCUT2D eigenvalue weighted by Crippen LogP contribution is -2.37. The van der Waals surface area contributed by atoms with Crippen LogP contribution in [0, 0.1) is 11.7 Å². The molecule has 1 aliphatic carbocycles. The van der Waals surface area contributed by atoms with Gasteiger partial charge in [-0.2, -0.15) is 0 Å². The van der Waals surface area contributed by atoms with Gasteiger partial charge in [0.1, 0.15) is 5.82 Å². The molecule has 1 aromatic carbocycles. The highest BCUT2D eigenvalue weighted by atomic mass is 35.5. The lowest BCUT2D eigenvalue weighted by Gasteiger charge is -2.31. The lowest BCUT2D eigenvalue weighted by molar-refractivity contribution is 0.202. The Labute approximate surface area is 119 Å². The number of hydrogen-bond donors (Lipinski definition) is 0. The van der Waals surface area contributed by atoms with E-state index in [1.54, 1.807) is 7.11 Å². The molecule has 0 amide bonds. The molecule has 0 bridgehead atoms. The van der Waals surface area contributed by atoms with Crippen LogP contribution < -0.4 is 4.90 Å². The van der Waals surface area contributed by atoms with E-state index in [0.29, 0.717) is 36.7 Å². The summed E-state index contributed by atoms with van der Waals surface area (Å²) in [7, 11) is 1.67. The Balaban J connectivity index is 2.20. The summed E-state index contributed by atoms with van der Waals surface area (Å²) in [4.78, 5) is 2.12. The van der Waals surface area contributed by atoms with Gasteiger partial charge >= 0.3 is 0 Å². The molecule has 1 aliphatic rings. The van der Waals surface area contributed by atoms with Crippen LogP contribution in [0.25, 0.3) is 0 Å². The monoisotopic (exact) mass is 285 g/mol. The second-order valence-corrected chi connectivity index (χ2v) is 5.45. The van der Waals surface area contributed by atoms with Gasteiger partial charge in [-0.1, -0.05) is 6.07 Å². The second kappa shape index (κ2) is 6.58. The number of methoxy groups -OCH3 is 1. The summed E-state index contributed by atoms with van der Waals surface area (Å²) in [5.41, 5.74) is 1.47. The van der Waals surface area contributed by atoms with Crippen LogP contribution in [0.15, 0.2) is 18.2 Å². The van der Waals surface area contributed by atoms with E-state index in [2.05, 4.69) is 11.8 Å². The van der Waals surface area contributed by atoms with Crippen LogP contribution in [-0.2, 0) is 10.6 Å². The summed E-state index contributed by atoms with van der Waals surface area (Å²) in [6.07, 6.45) is 2.48. The van der Waals surface area contributed by atoms with Crippen molar-refractivity contribution in [1.82, 2.24) is 0 Å². The highest BCUT2D eigenvalue weighted by Gasteiger charge is 2.32. The smallest absolute Gasteiger partial charge is 0.146 e. The first-order valence-corrected chi connectivity index (χ1v) is 7.30. The van der Waals surface area contributed by atoms with Crippen LogP contribution in [0.1, 0.15) is 25.3 Å². The minimum Gasteiger partial charge on any atom is -0.383 e.